The summed E-state index contributed by atoms with van der Waals surface area (Å²) in [7, 11) is 0. The highest BCUT2D eigenvalue weighted by atomic mass is 79.9. The molecular weight excluding hydrogens is 416 g/mol. The molecule has 0 saturated carbocycles. The number of hydrogen-bond donors (Lipinski definition) is 0. The van der Waals surface area contributed by atoms with E-state index >= 15 is 0 Å². The molecule has 136 valence electrons. The van der Waals surface area contributed by atoms with E-state index in [1.807, 2.05) is 52.3 Å². The van der Waals surface area contributed by atoms with Gasteiger partial charge >= 0.3 is 6.09 Å². The van der Waals surface area contributed by atoms with Crippen molar-refractivity contribution in [2.75, 3.05) is 19.7 Å². The molecule has 4 rings (SSSR count). The average molecular weight is 435 g/mol. The number of ether oxygens (including phenoxy) is 1. The number of likely N-dealkylation sites (tertiary alicyclic amines) is 1. The molecule has 2 amide bonds. The SMILES string of the molecule is O=C(c1ccc(Br)s1)N1CCC(N2C(=O)OCC2c2ccccc2)CC1. The van der Waals surface area contributed by atoms with E-state index < -0.39 is 0 Å². The molecule has 0 bridgehead atoms. The van der Waals surface area contributed by atoms with Crippen molar-refractivity contribution in [1.82, 2.24) is 9.80 Å². The van der Waals surface area contributed by atoms with E-state index in [0.29, 0.717) is 19.7 Å². The molecule has 2 fully saturated rings. The van der Waals surface area contributed by atoms with Crippen LogP contribution in [0.15, 0.2) is 46.3 Å². The molecular formula is C19H19BrN2O3S. The molecule has 2 aromatic rings. The number of hydrogen-bond acceptors (Lipinski definition) is 4. The molecule has 1 aromatic heterocycles. The van der Waals surface area contributed by atoms with Crippen molar-refractivity contribution in [2.45, 2.75) is 24.9 Å². The van der Waals surface area contributed by atoms with Crippen LogP contribution >= 0.6 is 27.3 Å². The molecule has 0 radical (unpaired) electrons. The van der Waals surface area contributed by atoms with E-state index in [9.17, 15) is 9.59 Å². The van der Waals surface area contributed by atoms with Crippen molar-refractivity contribution in [3.63, 3.8) is 0 Å². The number of benzene rings is 1. The quantitative estimate of drug-likeness (QED) is 0.722. The number of thiophene rings is 1. The van der Waals surface area contributed by atoms with Gasteiger partial charge in [-0.25, -0.2) is 4.79 Å². The summed E-state index contributed by atoms with van der Waals surface area (Å²) in [6, 6.07) is 13.8. The average Bonchev–Trinajstić information content (AvgIpc) is 3.28. The van der Waals surface area contributed by atoms with E-state index in [2.05, 4.69) is 15.9 Å². The zero-order valence-electron chi connectivity index (χ0n) is 14.1. The van der Waals surface area contributed by atoms with Gasteiger partial charge in [0.15, 0.2) is 0 Å². The van der Waals surface area contributed by atoms with Gasteiger partial charge in [0.2, 0.25) is 0 Å². The van der Waals surface area contributed by atoms with Crippen LogP contribution < -0.4 is 0 Å². The summed E-state index contributed by atoms with van der Waals surface area (Å²) < 4.78 is 6.29. The van der Waals surface area contributed by atoms with Crippen molar-refractivity contribution in [1.29, 1.82) is 0 Å². The van der Waals surface area contributed by atoms with Gasteiger partial charge in [-0.05, 0) is 46.5 Å². The minimum Gasteiger partial charge on any atom is -0.447 e. The van der Waals surface area contributed by atoms with Crippen LogP contribution in [0.4, 0.5) is 4.79 Å². The van der Waals surface area contributed by atoms with Crippen LogP contribution in [0.3, 0.4) is 0 Å². The van der Waals surface area contributed by atoms with Crippen molar-refractivity contribution in [3.8, 4) is 0 Å². The molecule has 0 aliphatic carbocycles. The first-order valence-corrected chi connectivity index (χ1v) is 10.3. The second-order valence-corrected chi connectivity index (χ2v) is 9.00. The fraction of sp³-hybridized carbons (Fsp3) is 0.368. The van der Waals surface area contributed by atoms with Gasteiger partial charge in [-0.2, -0.15) is 0 Å². The summed E-state index contributed by atoms with van der Waals surface area (Å²) in [4.78, 5) is 29.4. The van der Waals surface area contributed by atoms with Crippen LogP contribution in [0.25, 0.3) is 0 Å². The minimum absolute atomic E-state index is 0.0378. The van der Waals surface area contributed by atoms with Crippen LogP contribution in [-0.4, -0.2) is 47.5 Å². The Balaban J connectivity index is 1.43. The Labute approximate surface area is 164 Å². The maximum atomic E-state index is 12.6. The molecule has 2 saturated heterocycles. The van der Waals surface area contributed by atoms with Gasteiger partial charge in [-0.15, -0.1) is 11.3 Å². The molecule has 0 N–H and O–H groups in total. The van der Waals surface area contributed by atoms with Crippen molar-refractivity contribution >= 4 is 39.3 Å². The highest BCUT2D eigenvalue weighted by molar-refractivity contribution is 9.11. The number of carbonyl (C=O) groups is 2. The van der Waals surface area contributed by atoms with Gasteiger partial charge in [0.25, 0.3) is 5.91 Å². The zero-order valence-corrected chi connectivity index (χ0v) is 16.5. The van der Waals surface area contributed by atoms with Gasteiger partial charge in [0.1, 0.15) is 6.61 Å². The molecule has 0 spiro atoms. The number of rotatable bonds is 3. The first-order chi connectivity index (χ1) is 12.6. The predicted molar refractivity (Wildman–Crippen MR) is 103 cm³/mol. The highest BCUT2D eigenvalue weighted by Gasteiger charge is 2.40. The highest BCUT2D eigenvalue weighted by Crippen LogP contribution is 2.33. The number of halogens is 1. The van der Waals surface area contributed by atoms with Gasteiger partial charge in [-0.3, -0.25) is 9.69 Å². The van der Waals surface area contributed by atoms with Gasteiger partial charge in [0, 0.05) is 19.1 Å². The van der Waals surface area contributed by atoms with Crippen LogP contribution in [0.1, 0.15) is 34.1 Å². The van der Waals surface area contributed by atoms with E-state index in [0.717, 1.165) is 27.1 Å². The fourth-order valence-electron chi connectivity index (χ4n) is 3.70. The molecule has 1 atom stereocenters. The van der Waals surface area contributed by atoms with Crippen LogP contribution in [0, 0.1) is 0 Å². The van der Waals surface area contributed by atoms with Crippen molar-refractivity contribution in [2.24, 2.45) is 0 Å². The molecule has 3 heterocycles. The Bertz CT molecular complexity index is 802. The molecule has 2 aliphatic heterocycles. The molecule has 1 unspecified atom stereocenters. The number of cyclic esters (lactones) is 1. The Morgan fingerprint density at radius 1 is 1.12 bits per heavy atom. The summed E-state index contributed by atoms with van der Waals surface area (Å²) in [5, 5.41) is 0. The third-order valence-electron chi connectivity index (χ3n) is 5.02. The standard InChI is InChI=1S/C19H19BrN2O3S/c20-17-7-6-16(26-17)18(23)21-10-8-14(9-11-21)22-15(12-25-19(22)24)13-4-2-1-3-5-13/h1-7,14-15H,8-12H2. The number of carbonyl (C=O) groups excluding carboxylic acids is 2. The van der Waals surface area contributed by atoms with E-state index in [-0.39, 0.29) is 24.1 Å². The van der Waals surface area contributed by atoms with E-state index in [1.165, 1.54) is 11.3 Å². The van der Waals surface area contributed by atoms with Gasteiger partial charge in [-0.1, -0.05) is 30.3 Å². The third-order valence-corrected chi connectivity index (χ3v) is 6.64. The largest absolute Gasteiger partial charge is 0.447 e. The van der Waals surface area contributed by atoms with Crippen LogP contribution in [-0.2, 0) is 4.74 Å². The second kappa shape index (κ2) is 7.40. The first-order valence-electron chi connectivity index (χ1n) is 8.68. The van der Waals surface area contributed by atoms with Crippen LogP contribution in [0.5, 0.6) is 0 Å². The van der Waals surface area contributed by atoms with Crippen molar-refractivity contribution in [3.05, 3.63) is 56.7 Å². The fourth-order valence-corrected chi connectivity index (χ4v) is 5.05. The monoisotopic (exact) mass is 434 g/mol. The van der Waals surface area contributed by atoms with E-state index in [4.69, 9.17) is 4.74 Å². The smallest absolute Gasteiger partial charge is 0.410 e. The lowest BCUT2D eigenvalue weighted by Crippen LogP contribution is -2.47. The Morgan fingerprint density at radius 2 is 1.85 bits per heavy atom. The Hall–Kier alpha value is -1.86. The normalized spacial score (nSPS) is 21.1. The number of nitrogens with zero attached hydrogens (tertiary/aromatic N) is 2. The first kappa shape index (κ1) is 17.5. The predicted octanol–water partition coefficient (Wildman–Crippen LogP) is 4.31. The topological polar surface area (TPSA) is 49.9 Å². The molecule has 1 aromatic carbocycles. The Kier molecular flexibility index (Phi) is 5.00. The van der Waals surface area contributed by atoms with Gasteiger partial charge < -0.3 is 9.64 Å². The van der Waals surface area contributed by atoms with E-state index in [1.54, 1.807) is 0 Å². The second-order valence-electron chi connectivity index (χ2n) is 6.54. The lowest BCUT2D eigenvalue weighted by atomic mass is 9.99. The Morgan fingerprint density at radius 3 is 2.50 bits per heavy atom. The molecule has 2 aliphatic rings. The third kappa shape index (κ3) is 3.38. The van der Waals surface area contributed by atoms with Crippen molar-refractivity contribution < 1.29 is 14.3 Å². The molecule has 7 heteroatoms. The summed E-state index contributed by atoms with van der Waals surface area (Å²) in [5.41, 5.74) is 1.10. The molecule has 26 heavy (non-hydrogen) atoms. The van der Waals surface area contributed by atoms with Crippen LogP contribution in [0.2, 0.25) is 0 Å². The minimum atomic E-state index is -0.245. The zero-order chi connectivity index (χ0) is 18.1. The van der Waals surface area contributed by atoms with Gasteiger partial charge in [0.05, 0.1) is 14.7 Å². The summed E-state index contributed by atoms with van der Waals surface area (Å²) >= 11 is 4.86. The molecule has 5 nitrogen and oxygen atoms in total. The lowest BCUT2D eigenvalue weighted by molar-refractivity contribution is 0.0641. The number of amides is 2. The summed E-state index contributed by atoms with van der Waals surface area (Å²) in [6.45, 7) is 1.71. The maximum absolute atomic E-state index is 12.6. The number of piperidine rings is 1. The maximum Gasteiger partial charge on any atom is 0.410 e. The lowest BCUT2D eigenvalue weighted by Gasteiger charge is -2.37. The summed E-state index contributed by atoms with van der Waals surface area (Å²) in [5.74, 6) is 0.0720. The summed E-state index contributed by atoms with van der Waals surface area (Å²) in [6.07, 6.45) is 1.30.